The number of fused-ring (bicyclic) bond motifs is 4. The van der Waals surface area contributed by atoms with E-state index in [0.717, 1.165) is 53.0 Å². The number of piperazine rings is 1. The quantitative estimate of drug-likeness (QED) is 0.385. The number of rotatable bonds is 9. The molecule has 1 aromatic heterocycles. The number of carbonyl (C=O) groups is 2. The number of benzene rings is 2. The summed E-state index contributed by atoms with van der Waals surface area (Å²) in [4.78, 5) is 34.7. The molecule has 5 rings (SSSR count). The van der Waals surface area contributed by atoms with Gasteiger partial charge in [0.2, 0.25) is 11.8 Å². The Morgan fingerprint density at radius 2 is 2.00 bits per heavy atom. The molecule has 9 nitrogen and oxygen atoms in total. The van der Waals surface area contributed by atoms with E-state index in [1.807, 2.05) is 31.2 Å². The van der Waals surface area contributed by atoms with Crippen molar-refractivity contribution in [3.63, 3.8) is 0 Å². The molecule has 9 heteroatoms. The van der Waals surface area contributed by atoms with Crippen molar-refractivity contribution in [3.05, 3.63) is 59.3 Å². The van der Waals surface area contributed by atoms with Crippen LogP contribution >= 0.6 is 0 Å². The third kappa shape index (κ3) is 4.42. The van der Waals surface area contributed by atoms with Gasteiger partial charge in [0.15, 0.2) is 0 Å². The minimum Gasteiger partial charge on any atom is -0.508 e. The van der Waals surface area contributed by atoms with Crippen molar-refractivity contribution >= 4 is 22.7 Å². The second-order valence-corrected chi connectivity index (χ2v) is 9.96. The molecule has 3 N–H and O–H groups in total. The first-order chi connectivity index (χ1) is 17.9. The third-order valence-corrected chi connectivity index (χ3v) is 7.52. The summed E-state index contributed by atoms with van der Waals surface area (Å²) in [6, 6.07) is 12.2. The lowest BCUT2D eigenvalue weighted by atomic mass is 9.78. The van der Waals surface area contributed by atoms with Crippen molar-refractivity contribution < 1.29 is 24.2 Å². The summed E-state index contributed by atoms with van der Waals surface area (Å²) < 4.78 is 10.5. The number of phenols is 1. The summed E-state index contributed by atoms with van der Waals surface area (Å²) in [6.45, 7) is 4.51. The van der Waals surface area contributed by atoms with E-state index in [-0.39, 0.29) is 24.1 Å². The molecular weight excluding hydrogens is 472 g/mol. The lowest BCUT2D eigenvalue weighted by Gasteiger charge is -2.53. The van der Waals surface area contributed by atoms with Gasteiger partial charge in [-0.2, -0.15) is 0 Å². The average molecular weight is 507 g/mol. The van der Waals surface area contributed by atoms with Crippen molar-refractivity contribution in [1.82, 2.24) is 20.1 Å². The molecule has 0 spiro atoms. The fraction of sp³-hybridized carbons (Fsp3) is 0.429. The molecule has 37 heavy (non-hydrogen) atoms. The molecule has 1 saturated heterocycles. The van der Waals surface area contributed by atoms with Gasteiger partial charge in [0.1, 0.15) is 17.0 Å². The van der Waals surface area contributed by atoms with Crippen LogP contribution in [0.4, 0.5) is 0 Å². The van der Waals surface area contributed by atoms with Crippen molar-refractivity contribution in [2.75, 3.05) is 47.0 Å². The molecule has 3 aromatic rings. The van der Waals surface area contributed by atoms with Gasteiger partial charge in [0.25, 0.3) is 0 Å². The molecule has 0 aliphatic carbocycles. The maximum Gasteiger partial charge on any atom is 0.249 e. The molecule has 2 amide bonds. The molecule has 196 valence electrons. The topological polar surface area (TPSA) is 107 Å². The highest BCUT2D eigenvalue weighted by Gasteiger charge is 2.55. The summed E-state index contributed by atoms with van der Waals surface area (Å²) >= 11 is 0. The number of phenolic OH excluding ortho intramolecular Hbond substituents is 1. The van der Waals surface area contributed by atoms with Crippen molar-refractivity contribution in [2.24, 2.45) is 0 Å². The number of aromatic hydroxyl groups is 1. The Bertz CT molecular complexity index is 1320. The molecule has 0 unspecified atom stereocenters. The summed E-state index contributed by atoms with van der Waals surface area (Å²) in [5.41, 5.74) is 2.45. The second kappa shape index (κ2) is 10.1. The molecule has 3 heterocycles. The number of amides is 2. The Labute approximate surface area is 216 Å². The largest absolute Gasteiger partial charge is 0.508 e. The predicted octanol–water partition coefficient (Wildman–Crippen LogP) is 2.58. The third-order valence-electron chi connectivity index (χ3n) is 7.52. The van der Waals surface area contributed by atoms with Crippen molar-refractivity contribution in [3.8, 4) is 11.5 Å². The molecule has 2 aliphatic rings. The smallest absolute Gasteiger partial charge is 0.249 e. The zero-order valence-corrected chi connectivity index (χ0v) is 21.5. The average Bonchev–Trinajstić information content (AvgIpc) is 3.24. The summed E-state index contributed by atoms with van der Waals surface area (Å²) in [5, 5.41) is 14.5. The standard InChI is InChI=1S/C28H34N4O5/c1-28-16-22-21-15-20(37-3)8-9-23(21)30-25(22)26(18-6-4-7-19(33)14-18)32(28)24(34)17-31(27(28)35)12-5-10-29-11-13-36-2/h4,6-9,14-15,26,29-30,33H,5,10-13,16-17H2,1-3H3/t26-,28+/m1/s1. The van der Waals surface area contributed by atoms with E-state index >= 15 is 0 Å². The van der Waals surface area contributed by atoms with Crippen LogP contribution in [0.1, 0.15) is 36.2 Å². The van der Waals surface area contributed by atoms with E-state index in [1.165, 1.54) is 0 Å². The SMILES string of the molecule is COCCNCCCN1CC(=O)N2[C@H](c3cccc(O)c3)c3[nH]c4ccc(OC)cc4c3C[C@@]2(C)C1=O. The van der Waals surface area contributed by atoms with E-state index in [9.17, 15) is 14.7 Å². The van der Waals surface area contributed by atoms with Crippen LogP contribution in [0.3, 0.4) is 0 Å². The number of hydrogen-bond acceptors (Lipinski definition) is 6. The fourth-order valence-electron chi connectivity index (χ4n) is 5.78. The zero-order chi connectivity index (χ0) is 26.2. The minimum atomic E-state index is -1.07. The summed E-state index contributed by atoms with van der Waals surface area (Å²) in [7, 11) is 3.29. The van der Waals surface area contributed by atoms with Gasteiger partial charge in [-0.3, -0.25) is 9.59 Å². The highest BCUT2D eigenvalue weighted by atomic mass is 16.5. The summed E-state index contributed by atoms with van der Waals surface area (Å²) in [6.07, 6.45) is 1.13. The van der Waals surface area contributed by atoms with E-state index < -0.39 is 11.6 Å². The maximum atomic E-state index is 14.0. The number of aromatic nitrogens is 1. The summed E-state index contributed by atoms with van der Waals surface area (Å²) in [5.74, 6) is 0.675. The monoisotopic (exact) mass is 506 g/mol. The first kappa shape index (κ1) is 25.1. The lowest BCUT2D eigenvalue weighted by molar-refractivity contribution is -0.167. The lowest BCUT2D eigenvalue weighted by Crippen LogP contribution is -2.69. The van der Waals surface area contributed by atoms with Gasteiger partial charge in [0.05, 0.1) is 26.3 Å². The molecule has 1 fully saturated rings. The Hall–Kier alpha value is -3.56. The molecule has 2 atom stereocenters. The first-order valence-corrected chi connectivity index (χ1v) is 12.7. The van der Waals surface area contributed by atoms with Gasteiger partial charge in [-0.1, -0.05) is 12.1 Å². The van der Waals surface area contributed by atoms with Gasteiger partial charge in [-0.25, -0.2) is 0 Å². The van der Waals surface area contributed by atoms with Crippen LogP contribution < -0.4 is 10.1 Å². The van der Waals surface area contributed by atoms with Gasteiger partial charge in [-0.15, -0.1) is 0 Å². The van der Waals surface area contributed by atoms with Gasteiger partial charge in [-0.05, 0) is 61.3 Å². The van der Waals surface area contributed by atoms with Crippen LogP contribution in [0, 0.1) is 0 Å². The number of ether oxygens (including phenoxy) is 2. The van der Waals surface area contributed by atoms with E-state index in [0.29, 0.717) is 19.6 Å². The number of hydrogen-bond donors (Lipinski definition) is 3. The zero-order valence-electron chi connectivity index (χ0n) is 21.5. The molecule has 2 aromatic carbocycles. The first-order valence-electron chi connectivity index (χ1n) is 12.7. The van der Waals surface area contributed by atoms with E-state index in [4.69, 9.17) is 9.47 Å². The number of nitrogens with zero attached hydrogens (tertiary/aromatic N) is 2. The van der Waals surface area contributed by atoms with E-state index in [2.05, 4.69) is 10.3 Å². The normalized spacial score (nSPS) is 21.3. The molecule has 0 bridgehead atoms. The number of H-pyrrole nitrogens is 1. The van der Waals surface area contributed by atoms with Crippen LogP contribution in [-0.2, 0) is 20.7 Å². The predicted molar refractivity (Wildman–Crippen MR) is 140 cm³/mol. The van der Waals surface area contributed by atoms with Crippen LogP contribution in [-0.4, -0.2) is 84.2 Å². The Morgan fingerprint density at radius 1 is 1.16 bits per heavy atom. The minimum absolute atomic E-state index is 0.0329. The maximum absolute atomic E-state index is 14.0. The van der Waals surface area contributed by atoms with E-state index in [1.54, 1.807) is 42.2 Å². The highest BCUT2D eigenvalue weighted by Crippen LogP contribution is 2.47. The van der Waals surface area contributed by atoms with Crippen molar-refractivity contribution in [2.45, 2.75) is 31.3 Å². The second-order valence-electron chi connectivity index (χ2n) is 9.96. The number of methoxy groups -OCH3 is 2. The fourth-order valence-corrected chi connectivity index (χ4v) is 5.78. The molecule has 0 radical (unpaired) electrons. The highest BCUT2D eigenvalue weighted by molar-refractivity contribution is 6.00. The van der Waals surface area contributed by atoms with Crippen LogP contribution in [0.5, 0.6) is 11.5 Å². The van der Waals surface area contributed by atoms with Crippen LogP contribution in [0.25, 0.3) is 10.9 Å². The Morgan fingerprint density at radius 3 is 2.76 bits per heavy atom. The molecule has 2 aliphatic heterocycles. The Kier molecular flexibility index (Phi) is 6.83. The Balaban J connectivity index is 1.54. The van der Waals surface area contributed by atoms with Crippen LogP contribution in [0.15, 0.2) is 42.5 Å². The number of carbonyl (C=O) groups excluding carboxylic acids is 2. The van der Waals surface area contributed by atoms with Gasteiger partial charge in [0, 0.05) is 43.2 Å². The van der Waals surface area contributed by atoms with Gasteiger partial charge >= 0.3 is 0 Å². The molecule has 0 saturated carbocycles. The van der Waals surface area contributed by atoms with Gasteiger partial charge < -0.3 is 34.7 Å². The number of nitrogens with one attached hydrogen (secondary N) is 2. The molecular formula is C28H34N4O5. The number of aromatic amines is 1. The van der Waals surface area contributed by atoms with Crippen LogP contribution in [0.2, 0.25) is 0 Å². The van der Waals surface area contributed by atoms with Crippen molar-refractivity contribution in [1.29, 1.82) is 0 Å².